The molecule has 1 saturated carbocycles. The molecule has 0 aliphatic heterocycles. The van der Waals surface area contributed by atoms with E-state index in [2.05, 4.69) is 62.8 Å². The first-order chi connectivity index (χ1) is 13.0. The zero-order valence-electron chi connectivity index (χ0n) is 17.0. The van der Waals surface area contributed by atoms with Crippen LogP contribution >= 0.6 is 0 Å². The fourth-order valence-corrected chi connectivity index (χ4v) is 4.85. The monoisotopic (exact) mass is 361 g/mol. The van der Waals surface area contributed by atoms with Crippen molar-refractivity contribution in [3.63, 3.8) is 0 Å². The highest BCUT2D eigenvalue weighted by molar-refractivity contribution is 5.97. The van der Waals surface area contributed by atoms with Gasteiger partial charge in [-0.1, -0.05) is 48.7 Å². The Morgan fingerprint density at radius 2 is 1.85 bits per heavy atom. The summed E-state index contributed by atoms with van der Waals surface area (Å²) in [7, 11) is 2.10. The number of fused-ring (bicyclic) bond motifs is 1. The topological polar surface area (TPSA) is 43.8 Å². The lowest BCUT2D eigenvalue weighted by Gasteiger charge is -2.17. The number of nitrogens with zero attached hydrogens (tertiary/aromatic N) is 2. The normalized spacial score (nSPS) is 15.4. The number of benzene rings is 2. The van der Waals surface area contributed by atoms with E-state index in [1.807, 2.05) is 0 Å². The molecule has 0 saturated heterocycles. The number of rotatable bonds is 6. The van der Waals surface area contributed by atoms with E-state index < -0.39 is 0 Å². The summed E-state index contributed by atoms with van der Waals surface area (Å²) < 4.78 is 2.12. The average molecular weight is 362 g/mol. The fourth-order valence-electron chi connectivity index (χ4n) is 4.85. The van der Waals surface area contributed by atoms with Gasteiger partial charge in [0, 0.05) is 29.6 Å². The molecule has 3 nitrogen and oxygen atoms in total. The highest BCUT2D eigenvalue weighted by atomic mass is 15.3. The van der Waals surface area contributed by atoms with Crippen molar-refractivity contribution in [1.82, 2.24) is 9.78 Å². The molecule has 0 amide bonds. The third-order valence-electron chi connectivity index (χ3n) is 6.07. The molecule has 0 spiro atoms. The molecule has 1 aliphatic rings. The first-order valence-electron chi connectivity index (χ1n) is 10.2. The van der Waals surface area contributed by atoms with Gasteiger partial charge in [-0.15, -0.1) is 0 Å². The minimum Gasteiger partial charge on any atom is -0.330 e. The number of hydrogen-bond donors (Lipinski definition) is 1. The van der Waals surface area contributed by atoms with E-state index in [1.54, 1.807) is 0 Å². The summed E-state index contributed by atoms with van der Waals surface area (Å²) in [5, 5.41) is 6.30. The Bertz CT molecular complexity index is 956. The number of nitrogens with two attached hydrogens (primary N) is 1. The predicted octanol–water partition coefficient (Wildman–Crippen LogP) is 5.40. The van der Waals surface area contributed by atoms with Crippen LogP contribution in [0.25, 0.3) is 22.0 Å². The summed E-state index contributed by atoms with van der Waals surface area (Å²) >= 11 is 0. The lowest BCUT2D eigenvalue weighted by atomic mass is 9.89. The maximum absolute atomic E-state index is 5.97. The summed E-state index contributed by atoms with van der Waals surface area (Å²) in [4.78, 5) is 0. The lowest BCUT2D eigenvalue weighted by molar-refractivity contribution is 0.511. The number of aryl methyl sites for hydroxylation is 4. The van der Waals surface area contributed by atoms with Crippen LogP contribution in [-0.2, 0) is 7.05 Å². The van der Waals surface area contributed by atoms with Crippen LogP contribution < -0.4 is 5.73 Å². The second-order valence-corrected chi connectivity index (χ2v) is 8.44. The van der Waals surface area contributed by atoms with Gasteiger partial charge in [0.2, 0.25) is 0 Å². The van der Waals surface area contributed by atoms with Gasteiger partial charge in [0.25, 0.3) is 0 Å². The summed E-state index contributed by atoms with van der Waals surface area (Å²) in [6.45, 7) is 7.32. The molecule has 1 aliphatic carbocycles. The number of aromatic nitrogens is 2. The van der Waals surface area contributed by atoms with Crippen molar-refractivity contribution in [2.45, 2.75) is 52.4 Å². The zero-order chi connectivity index (χ0) is 19.1. The summed E-state index contributed by atoms with van der Waals surface area (Å²) in [6.07, 6.45) is 5.05. The molecule has 1 unspecified atom stereocenters. The molecule has 1 heterocycles. The van der Waals surface area contributed by atoms with Crippen molar-refractivity contribution in [3.8, 4) is 11.1 Å². The van der Waals surface area contributed by atoms with Crippen molar-refractivity contribution in [3.05, 3.63) is 52.7 Å². The van der Waals surface area contributed by atoms with Crippen molar-refractivity contribution in [1.29, 1.82) is 0 Å². The first kappa shape index (κ1) is 18.2. The minimum atomic E-state index is 0.507. The van der Waals surface area contributed by atoms with Crippen LogP contribution in [0.1, 0.15) is 54.0 Å². The molecular weight excluding hydrogens is 330 g/mol. The van der Waals surface area contributed by atoms with Gasteiger partial charge in [0.1, 0.15) is 5.52 Å². The van der Waals surface area contributed by atoms with Crippen LogP contribution in [-0.4, -0.2) is 16.3 Å². The highest BCUT2D eigenvalue weighted by Gasteiger charge is 2.29. The maximum atomic E-state index is 5.97. The smallest absolute Gasteiger partial charge is 0.100 e. The van der Waals surface area contributed by atoms with Gasteiger partial charge in [-0.2, -0.15) is 5.10 Å². The van der Waals surface area contributed by atoms with Crippen LogP contribution in [0.15, 0.2) is 30.3 Å². The molecule has 1 fully saturated rings. The van der Waals surface area contributed by atoms with Crippen LogP contribution in [0, 0.1) is 26.7 Å². The molecule has 1 aromatic heterocycles. The molecule has 3 aromatic rings. The maximum Gasteiger partial charge on any atom is 0.100 e. The molecule has 2 aromatic carbocycles. The Kier molecular flexibility index (Phi) is 4.81. The number of hydrogen-bond acceptors (Lipinski definition) is 2. The lowest BCUT2D eigenvalue weighted by Crippen LogP contribution is -2.12. The van der Waals surface area contributed by atoms with Crippen molar-refractivity contribution in [2.24, 2.45) is 18.7 Å². The molecular formula is C24H31N3. The van der Waals surface area contributed by atoms with E-state index in [0.717, 1.165) is 24.4 Å². The third kappa shape index (κ3) is 3.41. The predicted molar refractivity (Wildman–Crippen MR) is 114 cm³/mol. The Morgan fingerprint density at radius 1 is 1.15 bits per heavy atom. The van der Waals surface area contributed by atoms with Crippen LogP contribution in [0.2, 0.25) is 0 Å². The fraction of sp³-hybridized carbons (Fsp3) is 0.458. The van der Waals surface area contributed by atoms with Gasteiger partial charge in [-0.3, -0.25) is 4.68 Å². The van der Waals surface area contributed by atoms with Crippen LogP contribution in [0.3, 0.4) is 0 Å². The van der Waals surface area contributed by atoms with Gasteiger partial charge in [-0.05, 0) is 62.8 Å². The van der Waals surface area contributed by atoms with Gasteiger partial charge in [0.15, 0.2) is 0 Å². The van der Waals surface area contributed by atoms with Crippen molar-refractivity contribution < 1.29 is 0 Å². The quantitative estimate of drug-likeness (QED) is 0.639. The highest BCUT2D eigenvalue weighted by Crippen LogP contribution is 2.42. The minimum absolute atomic E-state index is 0.507. The largest absolute Gasteiger partial charge is 0.330 e. The molecule has 0 bridgehead atoms. The van der Waals surface area contributed by atoms with E-state index in [9.17, 15) is 0 Å². The van der Waals surface area contributed by atoms with Crippen LogP contribution in [0.5, 0.6) is 0 Å². The Morgan fingerprint density at radius 3 is 2.48 bits per heavy atom. The Labute approximate surface area is 162 Å². The first-order valence-corrected chi connectivity index (χ1v) is 10.2. The Balaban J connectivity index is 1.88. The van der Waals surface area contributed by atoms with Gasteiger partial charge in [-0.25, -0.2) is 0 Å². The second kappa shape index (κ2) is 7.12. The summed E-state index contributed by atoms with van der Waals surface area (Å²) in [5.41, 5.74) is 15.0. The summed E-state index contributed by atoms with van der Waals surface area (Å²) in [6, 6.07) is 11.2. The molecule has 2 N–H and O–H groups in total. The molecule has 142 valence electrons. The van der Waals surface area contributed by atoms with Crippen molar-refractivity contribution >= 4 is 10.9 Å². The average Bonchev–Trinajstić information content (AvgIpc) is 3.34. The second-order valence-electron chi connectivity index (χ2n) is 8.44. The van der Waals surface area contributed by atoms with E-state index in [4.69, 9.17) is 10.8 Å². The van der Waals surface area contributed by atoms with Gasteiger partial charge in [0.05, 0.1) is 0 Å². The SMILES string of the molecule is Cc1cc(C)c(-c2cccc3c(C(CCN)CC4CC4)n(C)nc23)c(C)c1. The van der Waals surface area contributed by atoms with Crippen LogP contribution in [0.4, 0.5) is 0 Å². The molecule has 0 radical (unpaired) electrons. The third-order valence-corrected chi connectivity index (χ3v) is 6.07. The van der Waals surface area contributed by atoms with Crippen molar-refractivity contribution in [2.75, 3.05) is 6.54 Å². The molecule has 3 heteroatoms. The molecule has 1 atom stereocenters. The summed E-state index contributed by atoms with van der Waals surface area (Å²) in [5.74, 6) is 1.39. The van der Waals surface area contributed by atoms with E-state index >= 15 is 0 Å². The Hall–Kier alpha value is -2.13. The van der Waals surface area contributed by atoms with E-state index in [-0.39, 0.29) is 0 Å². The van der Waals surface area contributed by atoms with Gasteiger partial charge < -0.3 is 5.73 Å². The van der Waals surface area contributed by atoms with Gasteiger partial charge >= 0.3 is 0 Å². The molecule has 27 heavy (non-hydrogen) atoms. The standard InChI is InChI=1S/C24H31N3/c1-15-12-16(2)22(17(3)13-15)20-6-5-7-21-23(20)26-27(4)24(21)19(10-11-25)14-18-8-9-18/h5-7,12-13,18-19H,8-11,14,25H2,1-4H3. The molecule has 4 rings (SSSR count). The zero-order valence-corrected chi connectivity index (χ0v) is 17.0. The van der Waals surface area contributed by atoms with E-state index in [1.165, 1.54) is 58.2 Å². The van der Waals surface area contributed by atoms with E-state index in [0.29, 0.717) is 5.92 Å².